The van der Waals surface area contributed by atoms with Crippen LogP contribution in [-0.4, -0.2) is 24.8 Å². The van der Waals surface area contributed by atoms with Crippen molar-refractivity contribution in [2.24, 2.45) is 4.99 Å². The Bertz CT molecular complexity index is 927. The molecular formula is C22H24N4. The SMILES string of the molecule is C/N=C(\c1ccccc1Cc1ccc(N)cc1)c1ccc(NC)nc1C. The molecule has 0 atom stereocenters. The number of hydrogen-bond acceptors (Lipinski definition) is 4. The van der Waals surface area contributed by atoms with Crippen molar-refractivity contribution >= 4 is 17.2 Å². The molecule has 3 rings (SSSR count). The van der Waals surface area contributed by atoms with Gasteiger partial charge in [0.05, 0.1) is 5.71 Å². The fourth-order valence-electron chi connectivity index (χ4n) is 3.10. The summed E-state index contributed by atoms with van der Waals surface area (Å²) in [5, 5.41) is 3.08. The largest absolute Gasteiger partial charge is 0.399 e. The Balaban J connectivity index is 2.01. The van der Waals surface area contributed by atoms with Crippen LogP contribution in [0.5, 0.6) is 0 Å². The summed E-state index contributed by atoms with van der Waals surface area (Å²) in [4.78, 5) is 9.20. The molecule has 0 amide bonds. The fourth-order valence-corrected chi connectivity index (χ4v) is 3.10. The van der Waals surface area contributed by atoms with E-state index >= 15 is 0 Å². The lowest BCUT2D eigenvalue weighted by Gasteiger charge is -2.14. The van der Waals surface area contributed by atoms with Crippen molar-refractivity contribution in [2.45, 2.75) is 13.3 Å². The molecule has 0 aliphatic carbocycles. The van der Waals surface area contributed by atoms with Crippen LogP contribution in [0.15, 0.2) is 65.7 Å². The second-order valence-corrected chi connectivity index (χ2v) is 6.23. The van der Waals surface area contributed by atoms with Crippen molar-refractivity contribution in [1.29, 1.82) is 0 Å². The molecule has 0 spiro atoms. The van der Waals surface area contributed by atoms with E-state index in [4.69, 9.17) is 5.73 Å². The third-order valence-corrected chi connectivity index (χ3v) is 4.47. The van der Waals surface area contributed by atoms with Crippen molar-refractivity contribution in [2.75, 3.05) is 25.1 Å². The van der Waals surface area contributed by atoms with E-state index in [2.05, 4.69) is 57.8 Å². The summed E-state index contributed by atoms with van der Waals surface area (Å²) in [7, 11) is 3.71. The molecule has 1 aromatic heterocycles. The van der Waals surface area contributed by atoms with E-state index in [0.29, 0.717) is 0 Å². The maximum atomic E-state index is 5.80. The number of nitrogens with two attached hydrogens (primary N) is 1. The van der Waals surface area contributed by atoms with E-state index in [1.807, 2.05) is 39.2 Å². The Morgan fingerprint density at radius 2 is 1.73 bits per heavy atom. The summed E-state index contributed by atoms with van der Waals surface area (Å²) >= 11 is 0. The summed E-state index contributed by atoms with van der Waals surface area (Å²) in [6.45, 7) is 2.02. The number of pyridine rings is 1. The van der Waals surface area contributed by atoms with Crippen LogP contribution in [0.4, 0.5) is 11.5 Å². The van der Waals surface area contributed by atoms with Gasteiger partial charge in [-0.2, -0.15) is 0 Å². The molecule has 2 aromatic carbocycles. The number of aromatic nitrogens is 1. The molecular weight excluding hydrogens is 320 g/mol. The number of nitrogens with zero attached hydrogens (tertiary/aromatic N) is 2. The molecule has 4 nitrogen and oxygen atoms in total. The maximum absolute atomic E-state index is 5.80. The van der Waals surface area contributed by atoms with Crippen LogP contribution in [0.1, 0.15) is 27.9 Å². The summed E-state index contributed by atoms with van der Waals surface area (Å²) in [5.74, 6) is 0.858. The van der Waals surface area contributed by atoms with Gasteiger partial charge in [0.1, 0.15) is 5.82 Å². The van der Waals surface area contributed by atoms with Crippen molar-refractivity contribution in [1.82, 2.24) is 4.98 Å². The molecule has 0 saturated heterocycles. The minimum atomic E-state index is 0.782. The normalized spacial score (nSPS) is 11.4. The van der Waals surface area contributed by atoms with Crippen LogP contribution in [-0.2, 0) is 6.42 Å². The van der Waals surface area contributed by atoms with Crippen LogP contribution in [0.3, 0.4) is 0 Å². The zero-order chi connectivity index (χ0) is 18.5. The van der Waals surface area contributed by atoms with Gasteiger partial charge in [0.15, 0.2) is 0 Å². The molecule has 0 bridgehead atoms. The molecule has 0 aliphatic heterocycles. The summed E-state index contributed by atoms with van der Waals surface area (Å²) in [5.41, 5.74) is 13.1. The quantitative estimate of drug-likeness (QED) is 0.542. The highest BCUT2D eigenvalue weighted by molar-refractivity contribution is 6.14. The Morgan fingerprint density at radius 1 is 1.00 bits per heavy atom. The third kappa shape index (κ3) is 3.75. The van der Waals surface area contributed by atoms with Gasteiger partial charge in [-0.3, -0.25) is 4.99 Å². The highest BCUT2D eigenvalue weighted by Gasteiger charge is 2.14. The van der Waals surface area contributed by atoms with Gasteiger partial charge in [-0.25, -0.2) is 4.98 Å². The van der Waals surface area contributed by atoms with Crippen molar-refractivity contribution < 1.29 is 0 Å². The lowest BCUT2D eigenvalue weighted by atomic mass is 9.93. The second-order valence-electron chi connectivity index (χ2n) is 6.23. The average molecular weight is 344 g/mol. The first-order valence-corrected chi connectivity index (χ1v) is 8.67. The van der Waals surface area contributed by atoms with Gasteiger partial charge in [-0.1, -0.05) is 36.4 Å². The molecule has 0 unspecified atom stereocenters. The van der Waals surface area contributed by atoms with Gasteiger partial charge >= 0.3 is 0 Å². The average Bonchev–Trinajstić information content (AvgIpc) is 2.66. The molecule has 26 heavy (non-hydrogen) atoms. The fraction of sp³-hybridized carbons (Fsp3) is 0.182. The van der Waals surface area contributed by atoms with Crippen LogP contribution in [0.25, 0.3) is 0 Å². The number of anilines is 2. The Morgan fingerprint density at radius 3 is 2.38 bits per heavy atom. The number of nitrogen functional groups attached to an aromatic ring is 1. The minimum Gasteiger partial charge on any atom is -0.399 e. The number of benzene rings is 2. The van der Waals surface area contributed by atoms with Crippen molar-refractivity contribution in [3.8, 4) is 0 Å². The van der Waals surface area contributed by atoms with Crippen LogP contribution < -0.4 is 11.1 Å². The molecule has 1 heterocycles. The van der Waals surface area contributed by atoms with E-state index in [-0.39, 0.29) is 0 Å². The molecule has 3 N–H and O–H groups in total. The number of rotatable bonds is 5. The molecule has 0 fully saturated rings. The predicted octanol–water partition coefficient (Wildman–Crippen LogP) is 4.07. The number of aryl methyl sites for hydroxylation is 1. The number of nitrogens with one attached hydrogen (secondary N) is 1. The van der Waals surface area contributed by atoms with Crippen LogP contribution in [0, 0.1) is 6.92 Å². The van der Waals surface area contributed by atoms with Gasteiger partial charge in [-0.05, 0) is 48.7 Å². The maximum Gasteiger partial charge on any atom is 0.125 e. The van der Waals surface area contributed by atoms with E-state index in [0.717, 1.165) is 40.5 Å². The highest BCUT2D eigenvalue weighted by atomic mass is 15.0. The number of aliphatic imine (C=N–C) groups is 1. The van der Waals surface area contributed by atoms with Crippen molar-refractivity contribution in [3.63, 3.8) is 0 Å². The van der Waals surface area contributed by atoms with Gasteiger partial charge < -0.3 is 11.1 Å². The van der Waals surface area contributed by atoms with Crippen molar-refractivity contribution in [3.05, 3.63) is 88.6 Å². The first kappa shape index (κ1) is 17.7. The standard InChI is InChI=1S/C22H24N4/c1-15-19(12-13-21(24-2)26-15)22(25-3)20-7-5-4-6-17(20)14-16-8-10-18(23)11-9-16/h4-13H,14,23H2,1-3H3,(H,24,26)/b25-22-. The molecule has 0 radical (unpaired) electrons. The van der Waals surface area contributed by atoms with E-state index in [1.54, 1.807) is 0 Å². The molecule has 0 aliphatic rings. The highest BCUT2D eigenvalue weighted by Crippen LogP contribution is 2.21. The first-order chi connectivity index (χ1) is 12.6. The lowest BCUT2D eigenvalue weighted by molar-refractivity contribution is 1.16. The van der Waals surface area contributed by atoms with Gasteiger partial charge in [0.25, 0.3) is 0 Å². The lowest BCUT2D eigenvalue weighted by Crippen LogP contribution is -2.11. The molecule has 4 heteroatoms. The van der Waals surface area contributed by atoms with E-state index in [1.165, 1.54) is 11.1 Å². The summed E-state index contributed by atoms with van der Waals surface area (Å²) in [6, 6.07) is 20.5. The Labute approximate surface area is 154 Å². The van der Waals surface area contributed by atoms with Crippen LogP contribution in [0.2, 0.25) is 0 Å². The van der Waals surface area contributed by atoms with Gasteiger partial charge in [-0.15, -0.1) is 0 Å². The molecule has 0 saturated carbocycles. The predicted molar refractivity (Wildman–Crippen MR) is 110 cm³/mol. The molecule has 3 aromatic rings. The monoisotopic (exact) mass is 344 g/mol. The van der Waals surface area contributed by atoms with E-state index < -0.39 is 0 Å². The topological polar surface area (TPSA) is 63.3 Å². The zero-order valence-corrected chi connectivity index (χ0v) is 15.5. The van der Waals surface area contributed by atoms with Crippen LogP contribution >= 0.6 is 0 Å². The second kappa shape index (κ2) is 7.83. The van der Waals surface area contributed by atoms with Gasteiger partial charge in [0.2, 0.25) is 0 Å². The zero-order valence-electron chi connectivity index (χ0n) is 15.5. The van der Waals surface area contributed by atoms with E-state index in [9.17, 15) is 0 Å². The summed E-state index contributed by atoms with van der Waals surface area (Å²) < 4.78 is 0. The smallest absolute Gasteiger partial charge is 0.125 e. The van der Waals surface area contributed by atoms with Gasteiger partial charge in [0, 0.05) is 36.6 Å². The molecule has 132 valence electrons. The first-order valence-electron chi connectivity index (χ1n) is 8.67. The number of hydrogen-bond donors (Lipinski definition) is 2. The Kier molecular flexibility index (Phi) is 5.32. The summed E-state index contributed by atoms with van der Waals surface area (Å²) in [6.07, 6.45) is 0.830. The Hall–Kier alpha value is -3.14. The third-order valence-electron chi connectivity index (χ3n) is 4.47. The minimum absolute atomic E-state index is 0.782.